The van der Waals surface area contributed by atoms with Crippen molar-refractivity contribution in [3.63, 3.8) is 0 Å². The third-order valence-electron chi connectivity index (χ3n) is 1.13. The Bertz CT molecular complexity index is 252. The molecule has 0 unspecified atom stereocenters. The Kier molecular flexibility index (Phi) is 1.42. The molecular weight excluding hydrogens is 193 g/mol. The number of hydrogen-bond donors (Lipinski definition) is 1. The average Bonchev–Trinajstić information content (AvgIpc) is 2.59. The van der Waals surface area contributed by atoms with Crippen molar-refractivity contribution >= 4 is 14.5 Å². The second-order valence-corrected chi connectivity index (χ2v) is 3.65. The summed E-state index contributed by atoms with van der Waals surface area (Å²) in [5.41, 5.74) is 0. The first-order chi connectivity index (χ1) is 4.97. The summed E-state index contributed by atoms with van der Waals surface area (Å²) in [5.74, 6) is 0.907. The normalized spacial score (nSPS) is 10.0. The zero-order valence-corrected chi connectivity index (χ0v) is 6.83. The monoisotopic (exact) mass is 199 g/mol. The van der Waals surface area contributed by atoms with E-state index in [2.05, 4.69) is 19.9 Å². The molecule has 4 heteroatoms. The summed E-state index contributed by atoms with van der Waals surface area (Å²) in [6, 6.07) is 0. The maximum atomic E-state index is 4.15. The van der Waals surface area contributed by atoms with Crippen molar-refractivity contribution in [3.8, 4) is 10.4 Å². The predicted octanol–water partition coefficient (Wildman–Crippen LogP) is 0.529. The zero-order valence-electron chi connectivity index (χ0n) is 5.11. The molecule has 0 aliphatic heterocycles. The van der Waals surface area contributed by atoms with Crippen LogP contribution in [0.15, 0.2) is 23.5 Å². The van der Waals surface area contributed by atoms with E-state index in [0.29, 0.717) is 14.5 Å². The molecule has 0 atom stereocenters. The van der Waals surface area contributed by atoms with E-state index in [0.717, 1.165) is 10.4 Å². The minimum absolute atomic E-state index is 0.387. The van der Waals surface area contributed by atoms with Crippen molar-refractivity contribution in [1.82, 2.24) is 15.0 Å². The van der Waals surface area contributed by atoms with Crippen LogP contribution in [0.3, 0.4) is 0 Å². The van der Waals surface area contributed by atoms with Crippen molar-refractivity contribution in [2.24, 2.45) is 0 Å². The van der Waals surface area contributed by atoms with Gasteiger partial charge in [0.25, 0.3) is 0 Å². The fourth-order valence-electron chi connectivity index (χ4n) is 0.723. The molecule has 0 aliphatic carbocycles. The van der Waals surface area contributed by atoms with Crippen molar-refractivity contribution in [3.05, 3.63) is 23.5 Å². The van der Waals surface area contributed by atoms with Crippen LogP contribution < -0.4 is 0 Å². The molecule has 50 valence electrons. The van der Waals surface area contributed by atoms with Crippen molar-refractivity contribution in [2.45, 2.75) is 0 Å². The molecule has 0 spiro atoms. The number of aromatic amines is 1. The quantitative estimate of drug-likeness (QED) is 0.679. The summed E-state index contributed by atoms with van der Waals surface area (Å²) < 4.78 is 1.08. The van der Waals surface area contributed by atoms with Gasteiger partial charge >= 0.3 is 63.4 Å². The second kappa shape index (κ2) is 2.40. The summed E-state index contributed by atoms with van der Waals surface area (Å²) in [6.45, 7) is 0. The Labute approximate surface area is 63.9 Å². The van der Waals surface area contributed by atoms with E-state index in [1.807, 2.05) is 12.4 Å². The summed E-state index contributed by atoms with van der Waals surface area (Å²) in [7, 11) is 0. The van der Waals surface area contributed by atoms with E-state index in [1.54, 1.807) is 6.20 Å². The molecule has 0 saturated carbocycles. The SMILES string of the molecule is c1c[nH]c(-c2ncc[se]2)n1. The number of hydrogen-bond acceptors (Lipinski definition) is 2. The summed E-state index contributed by atoms with van der Waals surface area (Å²) >= 11 is 0.387. The van der Waals surface area contributed by atoms with E-state index in [-0.39, 0.29) is 0 Å². The topological polar surface area (TPSA) is 41.6 Å². The molecule has 0 amide bonds. The molecule has 0 fully saturated rings. The third kappa shape index (κ3) is 0.916. The van der Waals surface area contributed by atoms with Gasteiger partial charge in [-0.2, -0.15) is 0 Å². The van der Waals surface area contributed by atoms with E-state index in [4.69, 9.17) is 0 Å². The molecule has 0 radical (unpaired) electrons. The minimum atomic E-state index is 0.387. The van der Waals surface area contributed by atoms with Crippen LogP contribution in [0.25, 0.3) is 10.4 Å². The van der Waals surface area contributed by atoms with Crippen molar-refractivity contribution in [2.75, 3.05) is 0 Å². The molecule has 3 nitrogen and oxygen atoms in total. The molecule has 0 bridgehead atoms. The first-order valence-corrected chi connectivity index (χ1v) is 4.70. The molecule has 0 aromatic carbocycles. The van der Waals surface area contributed by atoms with Gasteiger partial charge in [-0.1, -0.05) is 0 Å². The molecule has 1 N–H and O–H groups in total. The molecule has 0 aliphatic rings. The summed E-state index contributed by atoms with van der Waals surface area (Å²) in [5, 5.41) is 0. The summed E-state index contributed by atoms with van der Waals surface area (Å²) in [6.07, 6.45) is 5.39. The van der Waals surface area contributed by atoms with E-state index < -0.39 is 0 Å². The standard InChI is InChI=1S/C6H5N3Se/c1-2-8-5(7-1)6-9-3-4-10-6/h1-4H,(H,7,8). The van der Waals surface area contributed by atoms with Crippen LogP contribution in [0.1, 0.15) is 0 Å². The number of nitrogens with one attached hydrogen (secondary N) is 1. The first-order valence-electron chi connectivity index (χ1n) is 2.86. The van der Waals surface area contributed by atoms with Crippen LogP contribution in [-0.4, -0.2) is 29.5 Å². The van der Waals surface area contributed by atoms with Crippen molar-refractivity contribution < 1.29 is 0 Å². The number of rotatable bonds is 1. The molecule has 2 aromatic rings. The van der Waals surface area contributed by atoms with Crippen LogP contribution in [0.2, 0.25) is 0 Å². The van der Waals surface area contributed by atoms with Gasteiger partial charge in [-0.15, -0.1) is 0 Å². The maximum absolute atomic E-state index is 4.15. The van der Waals surface area contributed by atoms with Crippen LogP contribution in [0, 0.1) is 0 Å². The van der Waals surface area contributed by atoms with Gasteiger partial charge in [0.1, 0.15) is 0 Å². The van der Waals surface area contributed by atoms with Gasteiger partial charge in [0.2, 0.25) is 0 Å². The fraction of sp³-hybridized carbons (Fsp3) is 0. The number of nitrogens with zero attached hydrogens (tertiary/aromatic N) is 2. The van der Waals surface area contributed by atoms with Gasteiger partial charge in [-0.25, -0.2) is 0 Å². The molecular formula is C6H5N3Se. The average molecular weight is 198 g/mol. The zero-order chi connectivity index (χ0) is 6.81. The fourth-order valence-corrected chi connectivity index (χ4v) is 1.97. The van der Waals surface area contributed by atoms with Crippen LogP contribution in [0.5, 0.6) is 0 Å². The van der Waals surface area contributed by atoms with Crippen LogP contribution in [0.4, 0.5) is 0 Å². The number of imidazole rings is 1. The Morgan fingerprint density at radius 1 is 1.30 bits per heavy atom. The van der Waals surface area contributed by atoms with Gasteiger partial charge in [0.05, 0.1) is 0 Å². The van der Waals surface area contributed by atoms with Crippen LogP contribution in [-0.2, 0) is 0 Å². The number of H-pyrrole nitrogens is 1. The third-order valence-corrected chi connectivity index (χ3v) is 2.77. The van der Waals surface area contributed by atoms with E-state index >= 15 is 0 Å². The molecule has 10 heavy (non-hydrogen) atoms. The van der Waals surface area contributed by atoms with Gasteiger partial charge in [-0.05, 0) is 0 Å². The predicted molar refractivity (Wildman–Crippen MR) is 38.8 cm³/mol. The Morgan fingerprint density at radius 2 is 2.30 bits per heavy atom. The van der Waals surface area contributed by atoms with Gasteiger partial charge in [0, 0.05) is 0 Å². The summed E-state index contributed by atoms with van der Waals surface area (Å²) in [4.78, 5) is 13.3. The van der Waals surface area contributed by atoms with E-state index in [9.17, 15) is 0 Å². The second-order valence-electron chi connectivity index (χ2n) is 1.78. The van der Waals surface area contributed by atoms with E-state index in [1.165, 1.54) is 0 Å². The molecule has 2 heterocycles. The van der Waals surface area contributed by atoms with Gasteiger partial charge in [-0.3, -0.25) is 0 Å². The van der Waals surface area contributed by atoms with Crippen molar-refractivity contribution in [1.29, 1.82) is 0 Å². The Hall–Kier alpha value is -0.861. The van der Waals surface area contributed by atoms with Gasteiger partial charge < -0.3 is 0 Å². The molecule has 0 saturated heterocycles. The Balaban J connectivity index is 2.48. The Morgan fingerprint density at radius 3 is 2.90 bits per heavy atom. The van der Waals surface area contributed by atoms with Crippen LogP contribution >= 0.6 is 0 Å². The number of aromatic nitrogens is 3. The molecule has 2 rings (SSSR count). The van der Waals surface area contributed by atoms with Gasteiger partial charge in [0.15, 0.2) is 0 Å². The first kappa shape index (κ1) is 5.89. The molecule has 2 aromatic heterocycles.